The van der Waals surface area contributed by atoms with Crippen molar-refractivity contribution in [3.8, 4) is 0 Å². The molecule has 7 heteroatoms. The summed E-state index contributed by atoms with van der Waals surface area (Å²) in [5.74, 6) is -0.000449. The maximum absolute atomic E-state index is 12.1. The Kier molecular flexibility index (Phi) is 4.95. The molecule has 0 aromatic carbocycles. The fraction of sp³-hybridized carbons (Fsp3) is 0.600. The van der Waals surface area contributed by atoms with Crippen molar-refractivity contribution in [3.63, 3.8) is 0 Å². The number of nitrogens with zero attached hydrogens (tertiary/aromatic N) is 4. The van der Waals surface area contributed by atoms with Gasteiger partial charge in [0.05, 0.1) is 5.69 Å². The standard InChI is InChI=1S/C15H23N5O2/c1-10(9-20-12(3)7-11(2)17-20)8-16-15(22)13-5-6-14(21)19(4)18-13/h7,10H,5-6,8-9H2,1-4H3,(H,16,22). The third kappa shape index (κ3) is 3.93. The molecule has 1 N–H and O–H groups in total. The fourth-order valence-electron chi connectivity index (χ4n) is 2.42. The molecule has 2 heterocycles. The summed E-state index contributed by atoms with van der Waals surface area (Å²) in [6, 6.07) is 2.04. The smallest absolute Gasteiger partial charge is 0.267 e. The number of hydrogen-bond acceptors (Lipinski definition) is 4. The van der Waals surface area contributed by atoms with Crippen LogP contribution in [-0.2, 0) is 16.1 Å². The van der Waals surface area contributed by atoms with E-state index in [1.165, 1.54) is 5.01 Å². The Balaban J connectivity index is 1.84. The van der Waals surface area contributed by atoms with E-state index in [0.29, 0.717) is 25.1 Å². The molecule has 1 aliphatic rings. The lowest BCUT2D eigenvalue weighted by Gasteiger charge is -2.20. The molecule has 7 nitrogen and oxygen atoms in total. The van der Waals surface area contributed by atoms with Crippen LogP contribution in [0.25, 0.3) is 0 Å². The minimum absolute atomic E-state index is 0.0607. The molecule has 2 amide bonds. The largest absolute Gasteiger partial charge is 0.351 e. The predicted octanol–water partition coefficient (Wildman–Crippen LogP) is 0.860. The zero-order valence-electron chi connectivity index (χ0n) is 13.6. The third-order valence-electron chi connectivity index (χ3n) is 3.67. The second-order valence-electron chi connectivity index (χ2n) is 5.89. The quantitative estimate of drug-likeness (QED) is 0.876. The summed E-state index contributed by atoms with van der Waals surface area (Å²) in [6.45, 7) is 7.36. The van der Waals surface area contributed by atoms with Crippen molar-refractivity contribution in [3.05, 3.63) is 17.5 Å². The van der Waals surface area contributed by atoms with Gasteiger partial charge in [0.2, 0.25) is 5.91 Å². The van der Waals surface area contributed by atoms with Gasteiger partial charge in [-0.3, -0.25) is 14.3 Å². The molecule has 22 heavy (non-hydrogen) atoms. The van der Waals surface area contributed by atoms with Crippen LogP contribution in [0.3, 0.4) is 0 Å². The van der Waals surface area contributed by atoms with E-state index in [-0.39, 0.29) is 17.7 Å². The monoisotopic (exact) mass is 305 g/mol. The Morgan fingerprint density at radius 2 is 2.14 bits per heavy atom. The van der Waals surface area contributed by atoms with E-state index in [1.54, 1.807) is 7.05 Å². The Bertz CT molecular complexity index is 605. The highest BCUT2D eigenvalue weighted by atomic mass is 16.2. The predicted molar refractivity (Wildman–Crippen MR) is 83.3 cm³/mol. The number of carbonyl (C=O) groups is 2. The second kappa shape index (κ2) is 6.72. The highest BCUT2D eigenvalue weighted by Crippen LogP contribution is 2.08. The normalized spacial score (nSPS) is 16.5. The van der Waals surface area contributed by atoms with Gasteiger partial charge in [0.15, 0.2) is 0 Å². The number of carbonyl (C=O) groups excluding carboxylic acids is 2. The molecule has 0 bridgehead atoms. The molecule has 1 atom stereocenters. The summed E-state index contributed by atoms with van der Waals surface area (Å²) in [5.41, 5.74) is 2.53. The number of hydrazone groups is 1. The van der Waals surface area contributed by atoms with Gasteiger partial charge >= 0.3 is 0 Å². The van der Waals surface area contributed by atoms with Crippen LogP contribution in [0.2, 0.25) is 0 Å². The lowest BCUT2D eigenvalue weighted by Crippen LogP contribution is -2.39. The molecule has 2 rings (SSSR count). The van der Waals surface area contributed by atoms with Crippen molar-refractivity contribution >= 4 is 17.5 Å². The Labute approximate surface area is 130 Å². The third-order valence-corrected chi connectivity index (χ3v) is 3.67. The summed E-state index contributed by atoms with van der Waals surface area (Å²) >= 11 is 0. The molecule has 1 unspecified atom stereocenters. The topological polar surface area (TPSA) is 79.6 Å². The lowest BCUT2D eigenvalue weighted by molar-refractivity contribution is -0.130. The summed E-state index contributed by atoms with van der Waals surface area (Å²) in [7, 11) is 1.57. The molecule has 0 saturated carbocycles. The van der Waals surface area contributed by atoms with E-state index in [1.807, 2.05) is 24.6 Å². The van der Waals surface area contributed by atoms with Crippen molar-refractivity contribution in [2.24, 2.45) is 11.0 Å². The Morgan fingerprint density at radius 1 is 1.41 bits per heavy atom. The lowest BCUT2D eigenvalue weighted by atomic mass is 10.1. The molecule has 1 aromatic heterocycles. The van der Waals surface area contributed by atoms with E-state index in [4.69, 9.17) is 0 Å². The van der Waals surface area contributed by atoms with Crippen molar-refractivity contribution in [2.75, 3.05) is 13.6 Å². The average Bonchev–Trinajstić information content (AvgIpc) is 2.77. The number of hydrogen-bond donors (Lipinski definition) is 1. The van der Waals surface area contributed by atoms with Gasteiger partial charge in [-0.25, -0.2) is 5.01 Å². The van der Waals surface area contributed by atoms with Crippen molar-refractivity contribution in [1.82, 2.24) is 20.1 Å². The Hall–Kier alpha value is -2.18. The van der Waals surface area contributed by atoms with Gasteiger partial charge in [-0.15, -0.1) is 0 Å². The zero-order valence-corrected chi connectivity index (χ0v) is 13.6. The van der Waals surface area contributed by atoms with Gasteiger partial charge in [-0.2, -0.15) is 10.2 Å². The highest BCUT2D eigenvalue weighted by molar-refractivity contribution is 6.39. The van der Waals surface area contributed by atoms with E-state index < -0.39 is 0 Å². The zero-order chi connectivity index (χ0) is 16.3. The Morgan fingerprint density at radius 3 is 2.73 bits per heavy atom. The van der Waals surface area contributed by atoms with E-state index >= 15 is 0 Å². The van der Waals surface area contributed by atoms with Crippen LogP contribution in [0, 0.1) is 19.8 Å². The van der Waals surface area contributed by atoms with Gasteiger partial charge in [0.25, 0.3) is 5.91 Å². The summed E-state index contributed by atoms with van der Waals surface area (Å²) in [5, 5.41) is 12.6. The SMILES string of the molecule is Cc1cc(C)n(CC(C)CNC(=O)C2=NN(C)C(=O)CC2)n1. The first-order valence-corrected chi connectivity index (χ1v) is 7.50. The summed E-state index contributed by atoms with van der Waals surface area (Å²) in [4.78, 5) is 23.4. The molecule has 0 spiro atoms. The van der Waals surface area contributed by atoms with Gasteiger partial charge in [-0.05, 0) is 25.8 Å². The highest BCUT2D eigenvalue weighted by Gasteiger charge is 2.22. The number of aromatic nitrogens is 2. The summed E-state index contributed by atoms with van der Waals surface area (Å²) in [6.07, 6.45) is 0.741. The number of aryl methyl sites for hydroxylation is 2. The van der Waals surface area contributed by atoms with E-state index in [2.05, 4.69) is 22.4 Å². The van der Waals surface area contributed by atoms with Crippen LogP contribution in [0.15, 0.2) is 11.2 Å². The van der Waals surface area contributed by atoms with Crippen LogP contribution < -0.4 is 5.32 Å². The van der Waals surface area contributed by atoms with Crippen LogP contribution in [-0.4, -0.2) is 45.9 Å². The fourth-order valence-corrected chi connectivity index (χ4v) is 2.42. The minimum Gasteiger partial charge on any atom is -0.351 e. The van der Waals surface area contributed by atoms with Crippen molar-refractivity contribution in [2.45, 2.75) is 40.2 Å². The number of nitrogens with one attached hydrogen (secondary N) is 1. The average molecular weight is 305 g/mol. The number of rotatable bonds is 5. The maximum Gasteiger partial charge on any atom is 0.267 e. The summed E-state index contributed by atoms with van der Waals surface area (Å²) < 4.78 is 1.96. The molecule has 0 fully saturated rings. The van der Waals surface area contributed by atoms with E-state index in [0.717, 1.165) is 17.9 Å². The maximum atomic E-state index is 12.1. The van der Waals surface area contributed by atoms with Gasteiger partial charge in [-0.1, -0.05) is 6.92 Å². The molecule has 0 saturated heterocycles. The molecular formula is C15H23N5O2. The van der Waals surface area contributed by atoms with Gasteiger partial charge in [0, 0.05) is 38.7 Å². The van der Waals surface area contributed by atoms with Gasteiger partial charge < -0.3 is 5.32 Å². The van der Waals surface area contributed by atoms with Crippen molar-refractivity contribution < 1.29 is 9.59 Å². The van der Waals surface area contributed by atoms with E-state index in [9.17, 15) is 9.59 Å². The van der Waals surface area contributed by atoms with Gasteiger partial charge in [0.1, 0.15) is 5.71 Å². The molecular weight excluding hydrogens is 282 g/mol. The molecule has 0 aliphatic carbocycles. The molecule has 120 valence electrons. The minimum atomic E-state index is -0.195. The molecule has 1 aliphatic heterocycles. The molecule has 1 aromatic rings. The first-order valence-electron chi connectivity index (χ1n) is 7.50. The van der Waals surface area contributed by atoms with Crippen molar-refractivity contribution in [1.29, 1.82) is 0 Å². The second-order valence-corrected chi connectivity index (χ2v) is 5.89. The number of amides is 2. The van der Waals surface area contributed by atoms with Crippen LogP contribution in [0.5, 0.6) is 0 Å². The van der Waals surface area contributed by atoms with Crippen LogP contribution >= 0.6 is 0 Å². The molecule has 0 radical (unpaired) electrons. The first kappa shape index (κ1) is 16.2. The van der Waals surface area contributed by atoms with Crippen LogP contribution in [0.1, 0.15) is 31.2 Å². The van der Waals surface area contributed by atoms with Crippen LogP contribution in [0.4, 0.5) is 0 Å². The first-order chi connectivity index (χ1) is 10.4.